The number of nitrogens with zero attached hydrogens (tertiary/aromatic N) is 5. The first-order valence-corrected chi connectivity index (χ1v) is 10.8. The molecule has 9 nitrogen and oxygen atoms in total. The second-order valence-electron chi connectivity index (χ2n) is 6.86. The van der Waals surface area contributed by atoms with Crippen LogP contribution in [0.25, 0.3) is 16.9 Å². The fourth-order valence-corrected chi connectivity index (χ4v) is 4.21. The molecule has 1 fully saturated rings. The number of carbonyl (C=O) groups is 1. The maximum absolute atomic E-state index is 12.6. The maximum Gasteiger partial charge on any atom is 0.227 e. The van der Waals surface area contributed by atoms with Gasteiger partial charge in [-0.2, -0.15) is 9.61 Å². The summed E-state index contributed by atoms with van der Waals surface area (Å²) in [4.78, 5) is 12.6. The van der Waals surface area contributed by atoms with Crippen molar-refractivity contribution in [2.45, 2.75) is 12.8 Å². The van der Waals surface area contributed by atoms with Crippen molar-refractivity contribution in [2.24, 2.45) is 5.92 Å². The van der Waals surface area contributed by atoms with Crippen LogP contribution in [0.4, 0.5) is 5.69 Å². The molecule has 0 bridgehead atoms. The molecule has 0 radical (unpaired) electrons. The first-order chi connectivity index (χ1) is 13.4. The van der Waals surface area contributed by atoms with E-state index >= 15 is 0 Å². The van der Waals surface area contributed by atoms with Crippen LogP contribution >= 0.6 is 0 Å². The van der Waals surface area contributed by atoms with Crippen molar-refractivity contribution in [1.82, 2.24) is 24.1 Å². The topological polar surface area (TPSA) is 110 Å². The monoisotopic (exact) mass is 400 g/mol. The molecular formula is C18H20N6O3S. The van der Waals surface area contributed by atoms with Crippen LogP contribution < -0.4 is 5.32 Å². The SMILES string of the molecule is CS(=O)(=O)N1CCC(C(=O)Nc2cccc(-c3ccc4nncn4n3)c2)CC1. The Morgan fingerprint density at radius 2 is 1.96 bits per heavy atom. The van der Waals surface area contributed by atoms with Crippen molar-refractivity contribution in [3.8, 4) is 11.3 Å². The molecule has 0 aliphatic carbocycles. The highest BCUT2D eigenvalue weighted by molar-refractivity contribution is 7.88. The lowest BCUT2D eigenvalue weighted by molar-refractivity contribution is -0.120. The minimum Gasteiger partial charge on any atom is -0.326 e. The molecule has 0 unspecified atom stereocenters. The molecule has 0 atom stereocenters. The molecule has 3 aromatic rings. The van der Waals surface area contributed by atoms with Gasteiger partial charge < -0.3 is 5.32 Å². The number of aromatic nitrogens is 4. The molecule has 28 heavy (non-hydrogen) atoms. The predicted molar refractivity (Wildman–Crippen MR) is 104 cm³/mol. The third-order valence-electron chi connectivity index (χ3n) is 4.88. The van der Waals surface area contributed by atoms with Gasteiger partial charge >= 0.3 is 0 Å². The fraction of sp³-hybridized carbons (Fsp3) is 0.333. The molecular weight excluding hydrogens is 380 g/mol. The van der Waals surface area contributed by atoms with E-state index in [1.54, 1.807) is 4.52 Å². The molecule has 1 N–H and O–H groups in total. The lowest BCUT2D eigenvalue weighted by Crippen LogP contribution is -2.40. The fourth-order valence-electron chi connectivity index (χ4n) is 3.33. The van der Waals surface area contributed by atoms with E-state index in [9.17, 15) is 13.2 Å². The minimum absolute atomic E-state index is 0.0903. The van der Waals surface area contributed by atoms with Crippen molar-refractivity contribution in [3.63, 3.8) is 0 Å². The van der Waals surface area contributed by atoms with Gasteiger partial charge in [0.2, 0.25) is 15.9 Å². The molecule has 10 heteroatoms. The highest BCUT2D eigenvalue weighted by Gasteiger charge is 2.28. The van der Waals surface area contributed by atoms with Gasteiger partial charge in [0, 0.05) is 30.3 Å². The Bertz CT molecular complexity index is 1120. The summed E-state index contributed by atoms with van der Waals surface area (Å²) in [6.07, 6.45) is 3.77. The minimum atomic E-state index is -3.20. The van der Waals surface area contributed by atoms with Gasteiger partial charge in [0.15, 0.2) is 5.65 Å². The van der Waals surface area contributed by atoms with Gasteiger partial charge in [-0.3, -0.25) is 4.79 Å². The Labute approximate surface area is 162 Å². The number of benzene rings is 1. The van der Waals surface area contributed by atoms with Crippen LogP contribution in [-0.2, 0) is 14.8 Å². The molecule has 1 amide bonds. The van der Waals surface area contributed by atoms with Crippen LogP contribution in [0.2, 0.25) is 0 Å². The highest BCUT2D eigenvalue weighted by Crippen LogP contribution is 2.24. The number of piperidine rings is 1. The number of sulfonamides is 1. The normalized spacial score (nSPS) is 16.3. The number of fused-ring (bicyclic) bond motifs is 1. The molecule has 0 saturated carbocycles. The van der Waals surface area contributed by atoms with Gasteiger partial charge in [-0.25, -0.2) is 12.7 Å². The van der Waals surface area contributed by atoms with E-state index in [2.05, 4.69) is 20.6 Å². The zero-order valence-electron chi connectivity index (χ0n) is 15.3. The number of carbonyl (C=O) groups excluding carboxylic acids is 1. The van der Waals surface area contributed by atoms with E-state index in [4.69, 9.17) is 0 Å². The van der Waals surface area contributed by atoms with Crippen molar-refractivity contribution in [2.75, 3.05) is 24.7 Å². The second kappa shape index (κ2) is 7.28. The number of hydrogen-bond acceptors (Lipinski definition) is 6. The summed E-state index contributed by atoms with van der Waals surface area (Å²) >= 11 is 0. The van der Waals surface area contributed by atoms with E-state index in [0.717, 1.165) is 11.3 Å². The van der Waals surface area contributed by atoms with Crippen molar-refractivity contribution >= 4 is 27.3 Å². The summed E-state index contributed by atoms with van der Waals surface area (Å²) in [6.45, 7) is 0.750. The van der Waals surface area contributed by atoms with Gasteiger partial charge in [-0.05, 0) is 37.1 Å². The standard InChI is InChI=1S/C18H20N6O3S/c1-28(26,27)23-9-7-13(8-10-23)18(25)20-15-4-2-3-14(11-15)16-5-6-17-21-19-12-24(17)22-16/h2-6,11-13H,7-10H2,1H3,(H,20,25). The number of nitrogens with one attached hydrogen (secondary N) is 1. The van der Waals surface area contributed by atoms with E-state index in [1.165, 1.54) is 16.9 Å². The van der Waals surface area contributed by atoms with Crippen molar-refractivity contribution in [3.05, 3.63) is 42.7 Å². The number of hydrogen-bond donors (Lipinski definition) is 1. The molecule has 2 aromatic heterocycles. The lowest BCUT2D eigenvalue weighted by atomic mass is 9.97. The van der Waals surface area contributed by atoms with Gasteiger partial charge in [-0.15, -0.1) is 10.2 Å². The van der Waals surface area contributed by atoms with E-state index < -0.39 is 10.0 Å². The van der Waals surface area contributed by atoms with E-state index in [1.807, 2.05) is 36.4 Å². The number of anilines is 1. The summed E-state index contributed by atoms with van der Waals surface area (Å²) in [6, 6.07) is 11.1. The van der Waals surface area contributed by atoms with Crippen LogP contribution in [-0.4, -0.2) is 57.8 Å². The van der Waals surface area contributed by atoms with E-state index in [-0.39, 0.29) is 11.8 Å². The van der Waals surface area contributed by atoms with Gasteiger partial charge in [0.05, 0.1) is 11.9 Å². The van der Waals surface area contributed by atoms with Crippen LogP contribution in [0, 0.1) is 5.92 Å². The third-order valence-corrected chi connectivity index (χ3v) is 6.18. The molecule has 1 aromatic carbocycles. The molecule has 1 aliphatic heterocycles. The van der Waals surface area contributed by atoms with Gasteiger partial charge in [-0.1, -0.05) is 12.1 Å². The first-order valence-electron chi connectivity index (χ1n) is 8.94. The van der Waals surface area contributed by atoms with Crippen LogP contribution in [0.15, 0.2) is 42.7 Å². The Kier molecular flexibility index (Phi) is 4.82. The van der Waals surface area contributed by atoms with E-state index in [0.29, 0.717) is 37.3 Å². The first kappa shape index (κ1) is 18.5. The Balaban J connectivity index is 1.45. The maximum atomic E-state index is 12.6. The second-order valence-corrected chi connectivity index (χ2v) is 8.84. The zero-order valence-corrected chi connectivity index (χ0v) is 16.1. The van der Waals surface area contributed by atoms with Crippen molar-refractivity contribution in [1.29, 1.82) is 0 Å². The summed E-state index contributed by atoms with van der Waals surface area (Å²) in [7, 11) is -3.20. The highest BCUT2D eigenvalue weighted by atomic mass is 32.2. The van der Waals surface area contributed by atoms with Gasteiger partial charge in [0.1, 0.15) is 6.33 Å². The smallest absolute Gasteiger partial charge is 0.227 e. The Morgan fingerprint density at radius 1 is 1.18 bits per heavy atom. The largest absolute Gasteiger partial charge is 0.326 e. The Morgan fingerprint density at radius 3 is 2.71 bits per heavy atom. The number of amides is 1. The molecule has 0 spiro atoms. The molecule has 1 saturated heterocycles. The van der Waals surface area contributed by atoms with Crippen LogP contribution in [0.5, 0.6) is 0 Å². The lowest BCUT2D eigenvalue weighted by Gasteiger charge is -2.29. The quantitative estimate of drug-likeness (QED) is 0.709. The zero-order chi connectivity index (χ0) is 19.7. The third kappa shape index (κ3) is 3.87. The summed E-state index contributed by atoms with van der Waals surface area (Å²) in [5.41, 5.74) is 2.94. The number of rotatable bonds is 4. The Hall–Kier alpha value is -2.85. The van der Waals surface area contributed by atoms with Crippen LogP contribution in [0.3, 0.4) is 0 Å². The van der Waals surface area contributed by atoms with Crippen molar-refractivity contribution < 1.29 is 13.2 Å². The summed E-state index contributed by atoms with van der Waals surface area (Å²) < 4.78 is 26.2. The summed E-state index contributed by atoms with van der Waals surface area (Å²) in [5.74, 6) is -0.291. The molecule has 1 aliphatic rings. The predicted octanol–water partition coefficient (Wildman–Crippen LogP) is 1.40. The average molecular weight is 400 g/mol. The average Bonchev–Trinajstić information content (AvgIpc) is 3.15. The van der Waals surface area contributed by atoms with Crippen LogP contribution in [0.1, 0.15) is 12.8 Å². The van der Waals surface area contributed by atoms with Gasteiger partial charge in [0.25, 0.3) is 0 Å². The molecule has 146 valence electrons. The summed E-state index contributed by atoms with van der Waals surface area (Å²) in [5, 5.41) is 15.2. The molecule has 4 rings (SSSR count). The molecule has 3 heterocycles.